The van der Waals surface area contributed by atoms with Crippen molar-refractivity contribution in [2.24, 2.45) is 0 Å². The second-order valence-corrected chi connectivity index (χ2v) is 5.45. The van der Waals surface area contributed by atoms with Gasteiger partial charge in [0.1, 0.15) is 0 Å². The van der Waals surface area contributed by atoms with E-state index in [1.807, 2.05) is 18.2 Å². The normalized spacial score (nSPS) is 13.7. The molecule has 124 valence electrons. The molecular weight excluding hydrogens is 282 g/mol. The molecule has 0 saturated carbocycles. The third-order valence-electron chi connectivity index (χ3n) is 3.45. The van der Waals surface area contributed by atoms with Crippen molar-refractivity contribution in [1.29, 1.82) is 0 Å². The molecule has 0 aliphatic heterocycles. The standard InChI is InChI=1S/C17H27NO4/c1-6-17(2,19)13-18(9-10-20-3)12-14-7-8-15(21-4)16(11-14)22-5/h6-8,11,19H,1,9-10,12-13H2,2-5H3. The molecule has 5 nitrogen and oxygen atoms in total. The van der Waals surface area contributed by atoms with Crippen LogP contribution >= 0.6 is 0 Å². The number of rotatable bonds is 10. The summed E-state index contributed by atoms with van der Waals surface area (Å²) in [7, 11) is 4.90. The number of hydrogen-bond acceptors (Lipinski definition) is 5. The Hall–Kier alpha value is -1.56. The monoisotopic (exact) mass is 309 g/mol. The van der Waals surface area contributed by atoms with Crippen molar-refractivity contribution in [3.63, 3.8) is 0 Å². The van der Waals surface area contributed by atoms with Crippen LogP contribution in [0.15, 0.2) is 30.9 Å². The fourth-order valence-electron chi connectivity index (χ4n) is 2.19. The predicted molar refractivity (Wildman–Crippen MR) is 87.5 cm³/mol. The lowest BCUT2D eigenvalue weighted by Crippen LogP contribution is -2.40. The summed E-state index contributed by atoms with van der Waals surface area (Å²) >= 11 is 0. The van der Waals surface area contributed by atoms with Gasteiger partial charge in [0, 0.05) is 26.7 Å². The molecule has 0 aromatic heterocycles. The maximum atomic E-state index is 10.2. The Labute approximate surface area is 133 Å². The van der Waals surface area contributed by atoms with Gasteiger partial charge in [0.25, 0.3) is 0 Å². The molecular formula is C17H27NO4. The van der Waals surface area contributed by atoms with E-state index < -0.39 is 5.60 Å². The Balaban J connectivity index is 2.86. The van der Waals surface area contributed by atoms with Crippen LogP contribution in [0.2, 0.25) is 0 Å². The quantitative estimate of drug-likeness (QED) is 0.671. The molecule has 0 saturated heterocycles. The van der Waals surface area contributed by atoms with Crippen LogP contribution in [-0.4, -0.2) is 56.6 Å². The van der Waals surface area contributed by atoms with Crippen LogP contribution in [0.5, 0.6) is 11.5 Å². The number of benzene rings is 1. The maximum absolute atomic E-state index is 10.2. The topological polar surface area (TPSA) is 51.2 Å². The lowest BCUT2D eigenvalue weighted by atomic mass is 10.1. The molecule has 0 heterocycles. The van der Waals surface area contributed by atoms with Crippen LogP contribution in [0, 0.1) is 0 Å². The average molecular weight is 309 g/mol. The second kappa shape index (κ2) is 8.78. The number of nitrogens with zero attached hydrogens (tertiary/aromatic N) is 1. The van der Waals surface area contributed by atoms with Crippen LogP contribution < -0.4 is 9.47 Å². The van der Waals surface area contributed by atoms with Crippen LogP contribution in [-0.2, 0) is 11.3 Å². The van der Waals surface area contributed by atoms with Gasteiger partial charge >= 0.3 is 0 Å². The zero-order valence-corrected chi connectivity index (χ0v) is 14.0. The van der Waals surface area contributed by atoms with Crippen molar-refractivity contribution in [3.05, 3.63) is 36.4 Å². The summed E-state index contributed by atoms with van der Waals surface area (Å²) in [5.74, 6) is 1.40. The maximum Gasteiger partial charge on any atom is 0.161 e. The minimum atomic E-state index is -0.940. The van der Waals surface area contributed by atoms with Crippen LogP contribution in [0.1, 0.15) is 12.5 Å². The molecule has 0 aliphatic carbocycles. The van der Waals surface area contributed by atoms with Crippen LogP contribution in [0.4, 0.5) is 0 Å². The summed E-state index contributed by atoms with van der Waals surface area (Å²) in [6.07, 6.45) is 1.56. The van der Waals surface area contributed by atoms with Crippen LogP contribution in [0.25, 0.3) is 0 Å². The van der Waals surface area contributed by atoms with Gasteiger partial charge in [-0.3, -0.25) is 4.90 Å². The summed E-state index contributed by atoms with van der Waals surface area (Å²) in [4.78, 5) is 2.12. The number of methoxy groups -OCH3 is 3. The van der Waals surface area contributed by atoms with Gasteiger partial charge in [-0.2, -0.15) is 0 Å². The van der Waals surface area contributed by atoms with E-state index in [-0.39, 0.29) is 0 Å². The van der Waals surface area contributed by atoms with E-state index in [1.165, 1.54) is 0 Å². The Morgan fingerprint density at radius 2 is 1.91 bits per heavy atom. The van der Waals surface area contributed by atoms with E-state index in [4.69, 9.17) is 14.2 Å². The van der Waals surface area contributed by atoms with E-state index in [0.717, 1.165) is 12.1 Å². The Morgan fingerprint density at radius 3 is 2.45 bits per heavy atom. The summed E-state index contributed by atoms with van der Waals surface area (Å²) in [6.45, 7) is 7.89. The first-order chi connectivity index (χ1) is 10.5. The number of aliphatic hydroxyl groups is 1. The van der Waals surface area contributed by atoms with E-state index in [9.17, 15) is 5.11 Å². The Kier molecular flexibility index (Phi) is 7.38. The average Bonchev–Trinajstić information content (AvgIpc) is 2.52. The largest absolute Gasteiger partial charge is 0.493 e. The summed E-state index contributed by atoms with van der Waals surface area (Å²) < 4.78 is 15.7. The molecule has 1 rings (SSSR count). The third-order valence-corrected chi connectivity index (χ3v) is 3.45. The van der Waals surface area contributed by atoms with Crippen molar-refractivity contribution >= 4 is 0 Å². The SMILES string of the molecule is C=CC(C)(O)CN(CCOC)Cc1ccc(OC)c(OC)c1. The number of hydrogen-bond donors (Lipinski definition) is 1. The van der Waals surface area contributed by atoms with Crippen molar-refractivity contribution < 1.29 is 19.3 Å². The van der Waals surface area contributed by atoms with Gasteiger partial charge in [-0.25, -0.2) is 0 Å². The molecule has 1 unspecified atom stereocenters. The Morgan fingerprint density at radius 1 is 1.23 bits per heavy atom. The molecule has 1 atom stereocenters. The van der Waals surface area contributed by atoms with Gasteiger partial charge in [-0.1, -0.05) is 12.1 Å². The summed E-state index contributed by atoms with van der Waals surface area (Å²) in [5.41, 5.74) is 0.137. The van der Waals surface area contributed by atoms with Gasteiger partial charge in [0.05, 0.1) is 26.4 Å². The highest BCUT2D eigenvalue weighted by Gasteiger charge is 2.20. The van der Waals surface area contributed by atoms with Gasteiger partial charge in [0.15, 0.2) is 11.5 Å². The molecule has 0 amide bonds. The first-order valence-electron chi connectivity index (χ1n) is 7.24. The molecule has 0 aliphatic rings. The lowest BCUT2D eigenvalue weighted by Gasteiger charge is -2.29. The molecule has 1 aromatic rings. The second-order valence-electron chi connectivity index (χ2n) is 5.45. The molecule has 1 aromatic carbocycles. The van der Waals surface area contributed by atoms with Crippen molar-refractivity contribution in [2.45, 2.75) is 19.1 Å². The molecule has 0 radical (unpaired) electrons. The van der Waals surface area contributed by atoms with Gasteiger partial charge in [-0.05, 0) is 24.6 Å². The van der Waals surface area contributed by atoms with E-state index >= 15 is 0 Å². The molecule has 0 bridgehead atoms. The van der Waals surface area contributed by atoms with Crippen LogP contribution in [0.3, 0.4) is 0 Å². The first kappa shape index (κ1) is 18.5. The predicted octanol–water partition coefficient (Wildman–Crippen LogP) is 2.09. The zero-order valence-electron chi connectivity index (χ0n) is 14.0. The highest BCUT2D eigenvalue weighted by molar-refractivity contribution is 5.42. The zero-order chi connectivity index (χ0) is 16.6. The fraction of sp³-hybridized carbons (Fsp3) is 0.529. The molecule has 22 heavy (non-hydrogen) atoms. The van der Waals surface area contributed by atoms with E-state index in [1.54, 1.807) is 34.3 Å². The van der Waals surface area contributed by atoms with Crippen molar-refractivity contribution in [1.82, 2.24) is 4.90 Å². The molecule has 5 heteroatoms. The lowest BCUT2D eigenvalue weighted by molar-refractivity contribution is 0.0465. The minimum absolute atomic E-state index is 0.480. The Bertz CT molecular complexity index is 474. The molecule has 1 N–H and O–H groups in total. The molecule has 0 spiro atoms. The summed E-state index contributed by atoms with van der Waals surface area (Å²) in [5, 5.41) is 10.2. The third kappa shape index (κ3) is 5.67. The van der Waals surface area contributed by atoms with Gasteiger partial charge in [-0.15, -0.1) is 6.58 Å². The van der Waals surface area contributed by atoms with Gasteiger partial charge in [0.2, 0.25) is 0 Å². The molecule has 0 fully saturated rings. The highest BCUT2D eigenvalue weighted by atomic mass is 16.5. The van der Waals surface area contributed by atoms with Gasteiger partial charge < -0.3 is 19.3 Å². The number of ether oxygens (including phenoxy) is 3. The van der Waals surface area contributed by atoms with E-state index in [2.05, 4.69) is 11.5 Å². The first-order valence-corrected chi connectivity index (χ1v) is 7.24. The van der Waals surface area contributed by atoms with Crippen molar-refractivity contribution in [3.8, 4) is 11.5 Å². The smallest absolute Gasteiger partial charge is 0.161 e. The summed E-state index contributed by atoms with van der Waals surface area (Å²) in [6, 6.07) is 5.82. The van der Waals surface area contributed by atoms with Crippen molar-refractivity contribution in [2.75, 3.05) is 41.0 Å². The fourth-order valence-corrected chi connectivity index (χ4v) is 2.19. The van der Waals surface area contributed by atoms with E-state index in [0.29, 0.717) is 31.2 Å². The minimum Gasteiger partial charge on any atom is -0.493 e. The highest BCUT2D eigenvalue weighted by Crippen LogP contribution is 2.28.